The maximum absolute atomic E-state index is 10.4. The Morgan fingerprint density at radius 2 is 2.44 bits per heavy atom. The van der Waals surface area contributed by atoms with Gasteiger partial charge in [0.25, 0.3) is 11.3 Å². The van der Waals surface area contributed by atoms with E-state index in [1.165, 1.54) is 0 Å². The number of hydrogen-bond donors (Lipinski definition) is 1. The second-order valence-corrected chi connectivity index (χ2v) is 2.35. The van der Waals surface area contributed by atoms with Crippen LogP contribution in [0.25, 0.3) is 0 Å². The van der Waals surface area contributed by atoms with E-state index >= 15 is 0 Å². The fraction of sp³-hybridized carbons (Fsp3) is 0.667. The number of nitrogens with zero attached hydrogens (tertiary/aromatic N) is 1. The van der Waals surface area contributed by atoms with E-state index in [9.17, 15) is 9.00 Å². The molecule has 1 amide bonds. The quantitative estimate of drug-likeness (QED) is 0.516. The van der Waals surface area contributed by atoms with Crippen molar-refractivity contribution >= 4 is 17.4 Å². The molecule has 1 unspecified atom stereocenters. The number of amides is 1. The summed E-state index contributed by atoms with van der Waals surface area (Å²) in [5.74, 6) is 0. The van der Waals surface area contributed by atoms with Crippen molar-refractivity contribution in [2.24, 2.45) is 0 Å². The van der Waals surface area contributed by atoms with Crippen molar-refractivity contribution < 1.29 is 18.3 Å². The second kappa shape index (κ2) is 2.32. The van der Waals surface area contributed by atoms with Gasteiger partial charge >= 0.3 is 6.09 Å². The molecule has 5 nitrogen and oxygen atoms in total. The highest BCUT2D eigenvalue weighted by Gasteiger charge is 2.26. The van der Waals surface area contributed by atoms with E-state index in [0.717, 1.165) is 4.31 Å². The van der Waals surface area contributed by atoms with Gasteiger partial charge in [-0.2, -0.15) is 4.31 Å². The zero-order chi connectivity index (χ0) is 6.85. The molecule has 0 aromatic carbocycles. The van der Waals surface area contributed by atoms with Crippen LogP contribution in [0, 0.1) is 0 Å². The number of hydrogen-bond acceptors (Lipinski definition) is 3. The molecule has 0 aromatic heterocycles. The minimum absolute atomic E-state index is 0.196. The minimum atomic E-state index is -2.21. The summed E-state index contributed by atoms with van der Waals surface area (Å²) < 4.78 is 23.6. The van der Waals surface area contributed by atoms with Gasteiger partial charge in [-0.15, -0.1) is 0 Å². The van der Waals surface area contributed by atoms with E-state index in [1.54, 1.807) is 0 Å². The topological polar surface area (TPSA) is 66.8 Å². The molecular formula is C3H5NO4S. The number of carbonyl (C=O) groups is 1. The van der Waals surface area contributed by atoms with E-state index in [0.29, 0.717) is 0 Å². The molecule has 0 saturated carbocycles. The molecule has 6 heteroatoms. The second-order valence-electron chi connectivity index (χ2n) is 1.45. The average molecular weight is 151 g/mol. The molecule has 0 aromatic rings. The monoisotopic (exact) mass is 151 g/mol. The number of ether oxygens (including phenoxy) is 1. The van der Waals surface area contributed by atoms with Crippen LogP contribution < -0.4 is 0 Å². The van der Waals surface area contributed by atoms with E-state index in [4.69, 9.17) is 4.55 Å². The highest BCUT2D eigenvalue weighted by Crippen LogP contribution is 2.03. The van der Waals surface area contributed by atoms with Gasteiger partial charge in [-0.3, -0.25) is 4.55 Å². The van der Waals surface area contributed by atoms with Crippen molar-refractivity contribution in [3.63, 3.8) is 0 Å². The van der Waals surface area contributed by atoms with Gasteiger partial charge in [0.2, 0.25) is 0 Å². The summed E-state index contributed by atoms with van der Waals surface area (Å²) in [5, 5.41) is 0. The Hall–Kier alpha value is -0.620. The van der Waals surface area contributed by atoms with E-state index < -0.39 is 17.4 Å². The summed E-state index contributed by atoms with van der Waals surface area (Å²) in [6.45, 7) is 0.396. The third kappa shape index (κ3) is 1.19. The van der Waals surface area contributed by atoms with Gasteiger partial charge < -0.3 is 4.74 Å². The molecule has 1 rings (SSSR count). The Morgan fingerprint density at radius 3 is 2.67 bits per heavy atom. The molecule has 1 heterocycles. The summed E-state index contributed by atoms with van der Waals surface area (Å²) in [5.41, 5.74) is 0. The van der Waals surface area contributed by atoms with Crippen LogP contribution in [0.5, 0.6) is 0 Å². The van der Waals surface area contributed by atoms with E-state index in [1.807, 2.05) is 0 Å². The van der Waals surface area contributed by atoms with Crippen molar-refractivity contribution in [1.29, 1.82) is 0 Å². The summed E-state index contributed by atoms with van der Waals surface area (Å²) >= 11 is -2.21. The molecule has 1 saturated heterocycles. The molecule has 9 heavy (non-hydrogen) atoms. The third-order valence-electron chi connectivity index (χ3n) is 0.912. The van der Waals surface area contributed by atoms with Gasteiger partial charge in [-0.1, -0.05) is 0 Å². The lowest BCUT2D eigenvalue weighted by Crippen LogP contribution is -2.25. The van der Waals surface area contributed by atoms with Crippen molar-refractivity contribution in [1.82, 2.24) is 4.31 Å². The first-order valence-corrected chi connectivity index (χ1v) is 3.33. The molecule has 1 aliphatic heterocycles. The van der Waals surface area contributed by atoms with Crippen LogP contribution in [0.3, 0.4) is 0 Å². The molecule has 0 spiro atoms. The van der Waals surface area contributed by atoms with Crippen molar-refractivity contribution in [3.05, 3.63) is 0 Å². The average Bonchev–Trinajstić information content (AvgIpc) is 2.13. The normalized spacial score (nSPS) is 21.9. The van der Waals surface area contributed by atoms with E-state index in [-0.39, 0.29) is 13.2 Å². The van der Waals surface area contributed by atoms with Gasteiger partial charge in [0.15, 0.2) is 0 Å². The number of rotatable bonds is 1. The summed E-state index contributed by atoms with van der Waals surface area (Å²) in [7, 11) is 0. The summed E-state index contributed by atoms with van der Waals surface area (Å²) in [4.78, 5) is 10.4. The van der Waals surface area contributed by atoms with Crippen molar-refractivity contribution in [2.75, 3.05) is 13.2 Å². The maximum atomic E-state index is 10.4. The van der Waals surface area contributed by atoms with Gasteiger partial charge in [-0.05, 0) is 0 Å². The van der Waals surface area contributed by atoms with Crippen LogP contribution >= 0.6 is 0 Å². The molecule has 1 fully saturated rings. The minimum Gasteiger partial charge on any atom is -0.447 e. The lowest BCUT2D eigenvalue weighted by atomic mass is 10.7. The SMILES string of the molecule is O=C1OCCN1S(=O)O. The maximum Gasteiger partial charge on any atom is 0.423 e. The molecule has 1 aliphatic rings. The van der Waals surface area contributed by atoms with Crippen molar-refractivity contribution in [3.8, 4) is 0 Å². The Bertz CT molecular complexity index is 158. The first kappa shape index (κ1) is 6.50. The largest absolute Gasteiger partial charge is 0.447 e. The first-order valence-electron chi connectivity index (χ1n) is 2.27. The molecule has 1 N–H and O–H groups in total. The smallest absolute Gasteiger partial charge is 0.423 e. The highest BCUT2D eigenvalue weighted by atomic mass is 32.2. The van der Waals surface area contributed by atoms with Crippen LogP contribution in [-0.4, -0.2) is 32.3 Å². The Balaban J connectivity index is 2.60. The highest BCUT2D eigenvalue weighted by molar-refractivity contribution is 7.77. The van der Waals surface area contributed by atoms with Gasteiger partial charge in [0.1, 0.15) is 6.61 Å². The molecule has 0 radical (unpaired) electrons. The molecule has 52 valence electrons. The summed E-state index contributed by atoms with van der Waals surface area (Å²) in [6.07, 6.45) is -0.726. The number of carbonyl (C=O) groups excluding carboxylic acids is 1. The van der Waals surface area contributed by atoms with Gasteiger partial charge in [0.05, 0.1) is 6.54 Å². The molecule has 0 bridgehead atoms. The van der Waals surface area contributed by atoms with E-state index in [2.05, 4.69) is 4.74 Å². The third-order valence-corrected chi connectivity index (χ3v) is 1.62. The molecule has 1 atom stereocenters. The van der Waals surface area contributed by atoms with Crippen LogP contribution in [0.15, 0.2) is 0 Å². The van der Waals surface area contributed by atoms with Crippen LogP contribution in [0.2, 0.25) is 0 Å². The molecular weight excluding hydrogens is 146 g/mol. The van der Waals surface area contributed by atoms with Crippen LogP contribution in [0.1, 0.15) is 0 Å². The zero-order valence-electron chi connectivity index (χ0n) is 4.44. The Labute approximate surface area is 54.0 Å². The van der Waals surface area contributed by atoms with Crippen LogP contribution in [0.4, 0.5) is 4.79 Å². The first-order chi connectivity index (χ1) is 4.22. The Kier molecular flexibility index (Phi) is 1.68. The summed E-state index contributed by atoms with van der Waals surface area (Å²) in [6, 6.07) is 0. The lowest BCUT2D eigenvalue weighted by molar-refractivity contribution is 0.169. The van der Waals surface area contributed by atoms with Gasteiger partial charge in [0, 0.05) is 0 Å². The number of cyclic esters (lactones) is 1. The predicted molar refractivity (Wildman–Crippen MR) is 28.8 cm³/mol. The Morgan fingerprint density at radius 1 is 1.78 bits per heavy atom. The van der Waals surface area contributed by atoms with Gasteiger partial charge in [-0.25, -0.2) is 9.00 Å². The fourth-order valence-electron chi connectivity index (χ4n) is 0.521. The fourth-order valence-corrected chi connectivity index (χ4v) is 0.932. The molecule has 0 aliphatic carbocycles. The lowest BCUT2D eigenvalue weighted by Gasteiger charge is -2.02. The zero-order valence-corrected chi connectivity index (χ0v) is 5.26. The predicted octanol–water partition coefficient (Wildman–Crippen LogP) is -0.425. The standard InChI is InChI=1S/C3H5NO4S/c5-3-4(9(6)7)1-2-8-3/h1-2H2,(H,6,7). The van der Waals surface area contributed by atoms with Crippen LogP contribution in [-0.2, 0) is 16.0 Å². The van der Waals surface area contributed by atoms with Crippen molar-refractivity contribution in [2.45, 2.75) is 0 Å².